The summed E-state index contributed by atoms with van der Waals surface area (Å²) >= 11 is 6.33. The first-order valence-electron chi connectivity index (χ1n) is 31.1. The number of primary amides is 1. The number of hydrogen-bond donors (Lipinski definition) is 5. The van der Waals surface area contributed by atoms with Gasteiger partial charge in [-0.1, -0.05) is 181 Å². The summed E-state index contributed by atoms with van der Waals surface area (Å²) < 4.78 is 25.7. The van der Waals surface area contributed by atoms with Crippen LogP contribution >= 0.6 is 11.6 Å². The number of ketones is 3. The van der Waals surface area contributed by atoms with Crippen LogP contribution in [0.3, 0.4) is 0 Å². The number of fused-ring (bicyclic) bond motifs is 2. The van der Waals surface area contributed by atoms with Crippen LogP contribution in [0.1, 0.15) is 41.8 Å². The van der Waals surface area contributed by atoms with Crippen molar-refractivity contribution in [1.82, 2.24) is 9.97 Å². The Morgan fingerprint density at radius 1 is 0.470 bits per heavy atom. The number of pyridine rings is 2. The fourth-order valence-electron chi connectivity index (χ4n) is 9.45. The number of methoxy groups -OCH3 is 5. The number of anilines is 3. The van der Waals surface area contributed by atoms with Gasteiger partial charge in [-0.3, -0.25) is 24.0 Å². The number of aromatic amines is 1. The number of carbonyl (C=O) groups is 4. The molecular formula is C82H77ArClN6O10. The second-order valence-corrected chi connectivity index (χ2v) is 22.0. The predicted octanol–water partition coefficient (Wildman–Crippen LogP) is 17.3. The van der Waals surface area contributed by atoms with Crippen LogP contribution in [0.15, 0.2) is 290 Å². The number of aromatic nitrogens is 2. The zero-order valence-electron chi connectivity index (χ0n) is 56.3. The second-order valence-electron chi connectivity index (χ2n) is 21.6. The average Bonchev–Trinajstić information content (AvgIpc) is 0.804. The number of nitrogen functional groups attached to an aromatic ring is 1. The number of Topliss-reactive ketones (excluding diaryl/α,β-unsaturated/α-hetero) is 2. The molecule has 0 unspecified atom stereocenters. The van der Waals surface area contributed by atoms with Gasteiger partial charge >= 0.3 is 0 Å². The minimum atomic E-state index is -0.501. The molecule has 0 saturated carbocycles. The molecule has 100 heavy (non-hydrogen) atoms. The quantitative estimate of drug-likeness (QED) is 0.0233. The first kappa shape index (κ1) is 77.7. The molecule has 0 aliphatic rings. The minimum Gasteiger partial charge on any atom is -0.497 e. The molecule has 0 radical (unpaired) electrons. The van der Waals surface area contributed by atoms with Crippen LogP contribution in [0, 0.1) is 37.7 Å². The van der Waals surface area contributed by atoms with E-state index in [0.717, 1.165) is 102 Å². The van der Waals surface area contributed by atoms with Crippen molar-refractivity contribution < 1.29 is 80.6 Å². The topological polar surface area (TPSA) is 236 Å². The normalized spacial score (nSPS) is 10.4. The third-order valence-electron chi connectivity index (χ3n) is 14.3. The number of benzene rings is 10. The molecule has 510 valence electrons. The monoisotopic (exact) mass is 1380 g/mol. The van der Waals surface area contributed by atoms with Gasteiger partial charge in [0, 0.05) is 137 Å². The fourth-order valence-corrected chi connectivity index (χ4v) is 9.72. The Bertz CT molecular complexity index is 4620. The smallest absolute Gasteiger partial charge is 0.243 e. The van der Waals surface area contributed by atoms with Crippen LogP contribution in [0.5, 0.6) is 28.7 Å². The van der Waals surface area contributed by atoms with Crippen molar-refractivity contribution >= 4 is 85.1 Å². The van der Waals surface area contributed by atoms with E-state index in [4.69, 9.17) is 46.8 Å². The summed E-state index contributed by atoms with van der Waals surface area (Å²) in [5, 5.41) is 8.74. The van der Waals surface area contributed by atoms with Crippen molar-refractivity contribution in [3.8, 4) is 51.3 Å². The van der Waals surface area contributed by atoms with Gasteiger partial charge in [-0.05, 0) is 97.3 Å². The van der Waals surface area contributed by atoms with Crippen molar-refractivity contribution in [2.45, 2.75) is 20.3 Å². The van der Waals surface area contributed by atoms with Crippen LogP contribution in [0.4, 0.5) is 17.1 Å². The third kappa shape index (κ3) is 25.3. The van der Waals surface area contributed by atoms with Gasteiger partial charge in [0.2, 0.25) is 5.91 Å². The molecule has 0 saturated heterocycles. The van der Waals surface area contributed by atoms with Gasteiger partial charge in [-0.2, -0.15) is 0 Å². The zero-order chi connectivity index (χ0) is 70.9. The molecule has 0 aliphatic carbocycles. The molecule has 0 atom stereocenters. The van der Waals surface area contributed by atoms with Crippen molar-refractivity contribution in [1.29, 1.82) is 0 Å². The van der Waals surface area contributed by atoms with Crippen LogP contribution in [0.2, 0.25) is 5.02 Å². The Morgan fingerprint density at radius 2 is 0.900 bits per heavy atom. The number of nitrogens with zero attached hydrogens (tertiary/aromatic N) is 1. The van der Waals surface area contributed by atoms with Gasteiger partial charge in [-0.15, -0.1) is 0 Å². The summed E-state index contributed by atoms with van der Waals surface area (Å²) in [7, 11) is 8.11. The molecule has 16 nitrogen and oxygen atoms in total. The van der Waals surface area contributed by atoms with E-state index in [-0.39, 0.29) is 66.9 Å². The number of carbonyl (C=O) groups excluding carboxylic acids is 4. The predicted molar refractivity (Wildman–Crippen MR) is 401 cm³/mol. The van der Waals surface area contributed by atoms with Gasteiger partial charge < -0.3 is 50.8 Å². The molecular weight excluding hydrogens is 1300 g/mol. The molecule has 0 aliphatic heterocycles. The summed E-state index contributed by atoms with van der Waals surface area (Å²) in [6.45, 7) is 2.96. The molecule has 12 rings (SSSR count). The van der Waals surface area contributed by atoms with Gasteiger partial charge in [0.15, 0.2) is 17.0 Å². The maximum atomic E-state index is 12.1. The van der Waals surface area contributed by atoms with Crippen LogP contribution in [-0.4, -0.2) is 68.8 Å². The van der Waals surface area contributed by atoms with E-state index >= 15 is 0 Å². The molecule has 0 spiro atoms. The van der Waals surface area contributed by atoms with Gasteiger partial charge in [-0.25, -0.2) is 4.98 Å². The molecule has 7 N–H and O–H groups in total. The number of ether oxygens (including phenoxy) is 5. The second kappa shape index (κ2) is 41.1. The Kier molecular flexibility index (Phi) is 31.9. The summed E-state index contributed by atoms with van der Waals surface area (Å²) in [4.78, 5) is 64.5. The van der Waals surface area contributed by atoms with E-state index in [0.29, 0.717) is 21.7 Å². The summed E-state index contributed by atoms with van der Waals surface area (Å²) in [5.41, 5.74) is 22.4. The number of nitrogens with two attached hydrogens (primary N) is 2. The Labute approximate surface area is 617 Å². The molecule has 12 aromatic rings. The van der Waals surface area contributed by atoms with Crippen molar-refractivity contribution in [3.05, 3.63) is 317 Å². The largest absolute Gasteiger partial charge is 0.497 e. The van der Waals surface area contributed by atoms with E-state index in [9.17, 15) is 24.0 Å². The van der Waals surface area contributed by atoms with Crippen LogP contribution < -0.4 is 51.2 Å². The van der Waals surface area contributed by atoms with E-state index < -0.39 is 5.91 Å². The molecule has 2 aromatic heterocycles. The average molecular weight is 1380 g/mol. The number of amides is 1. The number of rotatable bonds is 18. The summed E-state index contributed by atoms with van der Waals surface area (Å²) in [5.74, 6) is 3.11. The van der Waals surface area contributed by atoms with E-state index in [1.54, 1.807) is 90.2 Å². The van der Waals surface area contributed by atoms with E-state index in [2.05, 4.69) is 20.6 Å². The maximum absolute atomic E-state index is 12.1. The van der Waals surface area contributed by atoms with Gasteiger partial charge in [0.25, 0.3) is 0 Å². The molecule has 0 fully saturated rings. The maximum Gasteiger partial charge on any atom is 0.243 e. The van der Waals surface area contributed by atoms with Crippen molar-refractivity contribution in [2.24, 2.45) is 5.73 Å². The number of hydrogen-bond acceptors (Lipinski definition) is 14. The van der Waals surface area contributed by atoms with Crippen molar-refractivity contribution in [2.75, 3.05) is 51.9 Å². The standard InChI is InChI=1S/C17H17NO2.C16H12ClNO.C16H16N2O2.C16H13NO2.C10H10O2.C7H9NO.Ar/c1-13(19)11-17(14-7-4-3-5-8-14)18-15-9-6-10-16(12-15)20-2;1-19-12-7-8-13-14(17)10-15(18-16(13)9-12)11-5-3-2-4-6-11;1-20-14-9-5-8-13(10-14)18-15(11-16(17)19)12-6-3-2-4-7-12;1-19-12-7-8-13-15(9-12)17-14(10-16(13)18)11-5-3-2-4-6-11;1-8(11)7-10(12)9-5-3-2-4-6-9;1-9-7-4-2-3-6(8)5-7;/h3-12,18H,1-2H3;2-10H,1H3;2-11,18H,1H3,(H2,17,19);2-10H,1H3,(H,17,18);2-6H,7H2,1H3;2-5H,8H2,1H3;/b17-11-;;15-11-;;;;. The fraction of sp³-hybridized carbons (Fsp3) is 0.0976. The Balaban J connectivity index is 0.000000192. The molecule has 10 aromatic carbocycles. The first-order chi connectivity index (χ1) is 47.9. The SMILES string of the molecule is CC(=O)CC(=O)c1ccccc1.COc1ccc2c(=O)cc(-c3ccccc3)[nH]c2c1.COc1ccc2c(Cl)cc(-c3ccccc3)nc2c1.COc1cccc(N)c1.COc1cccc(N/C(=C\C(C)=O)c2ccccc2)c1.COc1cccc(N/C(=C\C(N)=O)c2ccccc2)c1.[Ar]. The third-order valence-corrected chi connectivity index (χ3v) is 14.6. The van der Waals surface area contributed by atoms with Crippen LogP contribution in [0.25, 0.3) is 55.7 Å². The molecule has 18 heteroatoms. The first-order valence-corrected chi connectivity index (χ1v) is 31.4. The van der Waals surface area contributed by atoms with Crippen molar-refractivity contribution in [3.63, 3.8) is 0 Å². The Hall–Kier alpha value is -11.3. The minimum absolute atomic E-state index is 0. The number of H-pyrrole nitrogens is 1. The van der Waals surface area contributed by atoms with E-state index in [1.165, 1.54) is 19.9 Å². The summed E-state index contributed by atoms with van der Waals surface area (Å²) in [6.07, 6.45) is 2.97. The van der Waals surface area contributed by atoms with Gasteiger partial charge in [0.1, 0.15) is 34.5 Å². The van der Waals surface area contributed by atoms with Gasteiger partial charge in [0.05, 0.1) is 69.4 Å². The molecule has 1 amide bonds. The molecule has 2 heterocycles. The zero-order valence-corrected chi connectivity index (χ0v) is 57.7. The van der Waals surface area contributed by atoms with Crippen LogP contribution in [-0.2, 0) is 14.4 Å². The van der Waals surface area contributed by atoms with E-state index in [1.807, 2.05) is 224 Å². The Morgan fingerprint density at radius 3 is 1.36 bits per heavy atom. The number of nitrogens with one attached hydrogen (secondary N) is 3. The summed E-state index contributed by atoms with van der Waals surface area (Å²) in [6, 6.07) is 84.9. The molecule has 0 bridgehead atoms. The number of allylic oxidation sites excluding steroid dienone is 1. The number of halogens is 1.